The minimum atomic E-state index is -0.751. The van der Waals surface area contributed by atoms with Crippen molar-refractivity contribution < 1.29 is 14.3 Å². The fraction of sp³-hybridized carbons (Fsp3) is 0.211. The summed E-state index contributed by atoms with van der Waals surface area (Å²) in [5.74, 6) is -1.13. The molecule has 1 amide bonds. The molecule has 0 saturated carbocycles. The molecule has 2 N–H and O–H groups in total. The Morgan fingerprint density at radius 3 is 2.58 bits per heavy atom. The summed E-state index contributed by atoms with van der Waals surface area (Å²) < 4.78 is 6.71. The largest absolute Gasteiger partial charge is 0.462 e. The van der Waals surface area contributed by atoms with Crippen LogP contribution in [-0.4, -0.2) is 23.1 Å². The van der Waals surface area contributed by atoms with Gasteiger partial charge in [-0.2, -0.15) is 5.26 Å². The molecule has 134 valence electrons. The molecule has 0 aliphatic heterocycles. The second kappa shape index (κ2) is 8.53. The van der Waals surface area contributed by atoms with E-state index in [9.17, 15) is 9.59 Å². The molecule has 0 unspecified atom stereocenters. The van der Waals surface area contributed by atoms with E-state index in [1.165, 1.54) is 0 Å². The van der Waals surface area contributed by atoms with E-state index in [0.717, 1.165) is 23.3 Å². The van der Waals surface area contributed by atoms with Gasteiger partial charge >= 0.3 is 5.97 Å². The monoisotopic (exact) mass is 352 g/mol. The van der Waals surface area contributed by atoms with Crippen LogP contribution >= 0.6 is 0 Å². The zero-order valence-electron chi connectivity index (χ0n) is 14.9. The Morgan fingerprint density at radius 2 is 1.96 bits per heavy atom. The van der Waals surface area contributed by atoms with Crippen molar-refractivity contribution in [1.29, 1.82) is 5.26 Å². The first-order chi connectivity index (χ1) is 12.5. The number of hydrogen-bond donors (Lipinski definition) is 2. The van der Waals surface area contributed by atoms with E-state index in [1.54, 1.807) is 19.1 Å². The number of carbonyl (C=O) groups excluding carboxylic acids is 2. The van der Waals surface area contributed by atoms with Gasteiger partial charge in [-0.25, -0.2) is 4.79 Å². The van der Waals surface area contributed by atoms with Crippen LogP contribution in [0.2, 0.25) is 0 Å². The van der Waals surface area contributed by atoms with Crippen molar-refractivity contribution in [3.63, 3.8) is 0 Å². The number of hydrogen-bond acceptors (Lipinski definition) is 5. The lowest BCUT2D eigenvalue weighted by Crippen LogP contribution is -2.34. The van der Waals surface area contributed by atoms with E-state index < -0.39 is 5.97 Å². The first-order valence-electron chi connectivity index (χ1n) is 8.07. The minimum Gasteiger partial charge on any atom is -0.462 e. The van der Waals surface area contributed by atoms with Crippen LogP contribution in [-0.2, 0) is 9.53 Å². The number of aryl methyl sites for hydroxylation is 1. The third kappa shape index (κ3) is 4.11. The molecule has 0 saturated heterocycles. The Labute approximate surface area is 151 Å². The van der Waals surface area contributed by atoms with E-state index >= 15 is 0 Å². The smallest absolute Gasteiger partial charge is 0.350 e. The molecule has 7 nitrogen and oxygen atoms in total. The maximum absolute atomic E-state index is 12.4. The number of rotatable bonds is 6. The second-order valence-corrected chi connectivity index (χ2v) is 5.44. The molecule has 0 aliphatic carbocycles. The fourth-order valence-corrected chi connectivity index (χ4v) is 2.55. The topological polar surface area (TPSA) is 96.2 Å². The van der Waals surface area contributed by atoms with Gasteiger partial charge in [-0.05, 0) is 39.0 Å². The number of nitrogens with one attached hydrogen (secondary N) is 2. The average Bonchev–Trinajstić information content (AvgIpc) is 2.94. The summed E-state index contributed by atoms with van der Waals surface area (Å²) in [5, 5.41) is 8.94. The Hall–Kier alpha value is -3.53. The van der Waals surface area contributed by atoms with Crippen molar-refractivity contribution in [1.82, 2.24) is 15.4 Å². The highest BCUT2D eigenvalue weighted by Crippen LogP contribution is 2.20. The molecule has 2 aromatic rings. The molecular weight excluding hydrogens is 332 g/mol. The van der Waals surface area contributed by atoms with Gasteiger partial charge < -0.3 is 14.7 Å². The van der Waals surface area contributed by atoms with Crippen LogP contribution in [0.5, 0.6) is 0 Å². The third-order valence-corrected chi connectivity index (χ3v) is 3.71. The lowest BCUT2D eigenvalue weighted by Gasteiger charge is -2.10. The van der Waals surface area contributed by atoms with Crippen molar-refractivity contribution in [2.24, 2.45) is 0 Å². The summed E-state index contributed by atoms with van der Waals surface area (Å²) in [6.45, 7) is 5.57. The van der Waals surface area contributed by atoms with Gasteiger partial charge in [-0.3, -0.25) is 10.2 Å². The summed E-state index contributed by atoms with van der Waals surface area (Å²) >= 11 is 0. The van der Waals surface area contributed by atoms with Crippen LogP contribution in [0.4, 0.5) is 0 Å². The first-order valence-corrected chi connectivity index (χ1v) is 8.07. The molecule has 0 atom stereocenters. The van der Waals surface area contributed by atoms with Crippen LogP contribution in [0.25, 0.3) is 5.69 Å². The highest BCUT2D eigenvalue weighted by atomic mass is 16.5. The zero-order chi connectivity index (χ0) is 19.1. The van der Waals surface area contributed by atoms with Crippen LogP contribution in [0.3, 0.4) is 0 Å². The number of nitriles is 1. The number of carbonyl (C=O) groups is 2. The molecule has 2 rings (SSSR count). The first kappa shape index (κ1) is 18.8. The van der Waals surface area contributed by atoms with Crippen LogP contribution < -0.4 is 10.9 Å². The summed E-state index contributed by atoms with van der Waals surface area (Å²) in [6.07, 6.45) is 1.10. The van der Waals surface area contributed by atoms with E-state index in [4.69, 9.17) is 10.00 Å². The van der Waals surface area contributed by atoms with Crippen LogP contribution in [0, 0.1) is 25.2 Å². The third-order valence-electron chi connectivity index (χ3n) is 3.71. The number of amides is 1. The highest BCUT2D eigenvalue weighted by Gasteiger charge is 2.16. The summed E-state index contributed by atoms with van der Waals surface area (Å²) in [7, 11) is 0. The maximum atomic E-state index is 12.4. The fourth-order valence-electron chi connectivity index (χ4n) is 2.55. The molecule has 26 heavy (non-hydrogen) atoms. The number of benzene rings is 1. The van der Waals surface area contributed by atoms with Crippen LogP contribution in [0.15, 0.2) is 48.2 Å². The van der Waals surface area contributed by atoms with Crippen molar-refractivity contribution in [2.75, 3.05) is 6.61 Å². The molecule has 0 spiro atoms. The SMILES string of the molecule is CCOC(=O)/C(C#N)=C/NNC(=O)c1cc(C)n(-c2ccccc2)c1C. The van der Waals surface area contributed by atoms with Gasteiger partial charge in [0.1, 0.15) is 6.07 Å². The van der Waals surface area contributed by atoms with Gasteiger partial charge in [0.15, 0.2) is 5.57 Å². The molecule has 7 heteroatoms. The summed E-state index contributed by atoms with van der Waals surface area (Å²) in [6, 6.07) is 13.2. The Morgan fingerprint density at radius 1 is 1.27 bits per heavy atom. The molecule has 0 radical (unpaired) electrons. The van der Waals surface area contributed by atoms with Gasteiger partial charge in [-0.15, -0.1) is 0 Å². The van der Waals surface area contributed by atoms with Gasteiger partial charge in [0.05, 0.1) is 12.2 Å². The normalized spacial score (nSPS) is 10.8. The lowest BCUT2D eigenvalue weighted by atomic mass is 10.2. The highest BCUT2D eigenvalue weighted by molar-refractivity contribution is 5.96. The maximum Gasteiger partial charge on any atom is 0.350 e. The van der Waals surface area contributed by atoms with Gasteiger partial charge in [-0.1, -0.05) is 18.2 Å². The lowest BCUT2D eigenvalue weighted by molar-refractivity contribution is -0.138. The standard InChI is InChI=1S/C19H20N4O3/c1-4-26-19(25)15(11-20)12-21-22-18(24)17-10-13(2)23(14(17)3)16-8-6-5-7-9-16/h5-10,12,21H,4H2,1-3H3,(H,22,24)/b15-12+. The van der Waals surface area contributed by atoms with E-state index in [0.29, 0.717) is 5.56 Å². The van der Waals surface area contributed by atoms with E-state index in [2.05, 4.69) is 10.9 Å². The minimum absolute atomic E-state index is 0.162. The van der Waals surface area contributed by atoms with Gasteiger partial charge in [0.25, 0.3) is 5.91 Å². The zero-order valence-corrected chi connectivity index (χ0v) is 14.9. The Kier molecular flexibility index (Phi) is 6.17. The molecule has 1 aromatic carbocycles. The molecule has 1 heterocycles. The Bertz CT molecular complexity index is 876. The predicted octanol–water partition coefficient (Wildman–Crippen LogP) is 2.30. The Balaban J connectivity index is 2.14. The summed E-state index contributed by atoms with van der Waals surface area (Å²) in [4.78, 5) is 23.9. The predicted molar refractivity (Wildman–Crippen MR) is 96.2 cm³/mol. The number of ether oxygens (including phenoxy) is 1. The van der Waals surface area contributed by atoms with Crippen molar-refractivity contribution in [2.45, 2.75) is 20.8 Å². The molecule has 0 aliphatic rings. The molecule has 0 bridgehead atoms. The molecular formula is C19H20N4O3. The number of esters is 1. The van der Waals surface area contributed by atoms with Crippen molar-refractivity contribution in [3.05, 3.63) is 65.1 Å². The molecule has 1 aromatic heterocycles. The average molecular weight is 352 g/mol. The van der Waals surface area contributed by atoms with Gasteiger partial charge in [0, 0.05) is 23.3 Å². The second-order valence-electron chi connectivity index (χ2n) is 5.44. The number of aromatic nitrogens is 1. The number of nitrogens with zero attached hydrogens (tertiary/aromatic N) is 2. The quantitative estimate of drug-likeness (QED) is 0.360. The van der Waals surface area contributed by atoms with Gasteiger partial charge in [0.2, 0.25) is 0 Å². The van der Waals surface area contributed by atoms with E-state index in [1.807, 2.05) is 48.7 Å². The number of para-hydroxylation sites is 1. The van der Waals surface area contributed by atoms with Crippen molar-refractivity contribution >= 4 is 11.9 Å². The van der Waals surface area contributed by atoms with E-state index in [-0.39, 0.29) is 18.1 Å². The molecule has 0 fully saturated rings. The summed E-state index contributed by atoms with van der Waals surface area (Å²) in [5.41, 5.74) is 7.84. The number of hydrazine groups is 1. The van der Waals surface area contributed by atoms with Crippen LogP contribution in [0.1, 0.15) is 28.7 Å². The van der Waals surface area contributed by atoms with Crippen molar-refractivity contribution in [3.8, 4) is 11.8 Å².